The highest BCUT2D eigenvalue weighted by molar-refractivity contribution is 6.02. The first-order valence-electron chi connectivity index (χ1n) is 7.40. The Labute approximate surface area is 122 Å². The maximum absolute atomic E-state index is 8.98. The number of anilines is 1. The van der Waals surface area contributed by atoms with Crippen LogP contribution in [0.5, 0.6) is 0 Å². The highest BCUT2D eigenvalue weighted by atomic mass is 16.4. The molecule has 0 fully saturated rings. The summed E-state index contributed by atoms with van der Waals surface area (Å²) in [6.45, 7) is 10.5. The summed E-state index contributed by atoms with van der Waals surface area (Å²) in [7, 11) is 0. The van der Waals surface area contributed by atoms with Gasteiger partial charge in [0.05, 0.1) is 0 Å². The molecule has 1 rings (SSSR count). The Morgan fingerprint density at radius 3 is 2.45 bits per heavy atom. The summed E-state index contributed by atoms with van der Waals surface area (Å²) in [5, 5.41) is 12.1. The summed E-state index contributed by atoms with van der Waals surface area (Å²) >= 11 is 0. The normalized spacial score (nSPS) is 11.9. The average molecular weight is 277 g/mol. The van der Waals surface area contributed by atoms with E-state index in [4.69, 9.17) is 10.9 Å². The highest BCUT2D eigenvalue weighted by Crippen LogP contribution is 2.24. The topological polar surface area (TPSA) is 61.8 Å². The van der Waals surface area contributed by atoms with Gasteiger partial charge in [0.2, 0.25) is 0 Å². The monoisotopic (exact) mass is 277 g/mol. The maximum atomic E-state index is 8.98. The number of nitrogens with zero attached hydrogens (tertiary/aromatic N) is 2. The molecule has 0 saturated heterocycles. The molecule has 0 aliphatic heterocycles. The zero-order chi connectivity index (χ0) is 15.1. The molecule has 0 saturated carbocycles. The Morgan fingerprint density at radius 2 is 1.95 bits per heavy atom. The average Bonchev–Trinajstić information content (AvgIpc) is 2.48. The molecule has 112 valence electrons. The van der Waals surface area contributed by atoms with Gasteiger partial charge in [-0.25, -0.2) is 0 Å². The zero-order valence-electron chi connectivity index (χ0n) is 13.1. The van der Waals surface area contributed by atoms with Crippen molar-refractivity contribution < 1.29 is 5.21 Å². The molecular formula is C16H27N3O. The second-order valence-corrected chi connectivity index (χ2v) is 5.23. The van der Waals surface area contributed by atoms with Gasteiger partial charge in [0.25, 0.3) is 0 Å². The van der Waals surface area contributed by atoms with Crippen LogP contribution >= 0.6 is 0 Å². The predicted molar refractivity (Wildman–Crippen MR) is 85.6 cm³/mol. The van der Waals surface area contributed by atoms with E-state index in [1.807, 2.05) is 13.0 Å². The van der Waals surface area contributed by atoms with E-state index in [2.05, 4.69) is 43.0 Å². The van der Waals surface area contributed by atoms with Crippen molar-refractivity contribution in [2.24, 2.45) is 16.8 Å². The third kappa shape index (κ3) is 3.89. The van der Waals surface area contributed by atoms with E-state index in [1.165, 1.54) is 0 Å². The van der Waals surface area contributed by atoms with Crippen molar-refractivity contribution in [1.82, 2.24) is 0 Å². The molecule has 0 aromatic heterocycles. The van der Waals surface area contributed by atoms with Gasteiger partial charge in [0.1, 0.15) is 0 Å². The van der Waals surface area contributed by atoms with E-state index in [0.29, 0.717) is 5.92 Å². The van der Waals surface area contributed by atoms with Crippen LogP contribution in [0.4, 0.5) is 5.69 Å². The molecule has 4 nitrogen and oxygen atoms in total. The summed E-state index contributed by atoms with van der Waals surface area (Å²) in [5.74, 6) is 0.836. The fraction of sp³-hybridized carbons (Fsp3) is 0.562. The third-order valence-corrected chi connectivity index (χ3v) is 3.89. The molecule has 0 heterocycles. The fourth-order valence-corrected chi connectivity index (χ4v) is 2.44. The molecule has 0 atom stereocenters. The molecule has 1 aromatic rings. The number of hydrogen-bond acceptors (Lipinski definition) is 3. The van der Waals surface area contributed by atoms with Gasteiger partial charge in [-0.2, -0.15) is 0 Å². The number of nitrogens with two attached hydrogens (primary N) is 1. The molecule has 1 aromatic carbocycles. The zero-order valence-corrected chi connectivity index (χ0v) is 13.1. The van der Waals surface area contributed by atoms with Crippen LogP contribution < -0.4 is 10.6 Å². The van der Waals surface area contributed by atoms with Crippen LogP contribution in [-0.2, 0) is 0 Å². The molecule has 0 radical (unpaired) electrons. The van der Waals surface area contributed by atoms with E-state index in [-0.39, 0.29) is 5.84 Å². The van der Waals surface area contributed by atoms with Crippen LogP contribution in [0.25, 0.3) is 0 Å². The van der Waals surface area contributed by atoms with Gasteiger partial charge in [-0.05, 0) is 31.9 Å². The maximum Gasteiger partial charge on any atom is 0.172 e. The minimum absolute atomic E-state index is 0.173. The van der Waals surface area contributed by atoms with Crippen LogP contribution in [0.1, 0.15) is 44.7 Å². The SMILES string of the molecule is CCC(CC)CN(CC)c1ccc(C)cc1/C(N)=N/O. The Morgan fingerprint density at radius 1 is 1.30 bits per heavy atom. The Hall–Kier alpha value is -1.71. The molecule has 20 heavy (non-hydrogen) atoms. The van der Waals surface area contributed by atoms with Crippen molar-refractivity contribution >= 4 is 11.5 Å². The smallest absolute Gasteiger partial charge is 0.172 e. The predicted octanol–water partition coefficient (Wildman–Crippen LogP) is 3.35. The van der Waals surface area contributed by atoms with E-state index >= 15 is 0 Å². The standard InChI is InChI=1S/C16H27N3O/c1-5-13(6-2)11-19(7-3)15-9-8-12(4)10-14(15)16(17)18-20/h8-10,13,20H,5-7,11H2,1-4H3,(H2,17,18). The van der Waals surface area contributed by atoms with Crippen LogP contribution in [0.2, 0.25) is 0 Å². The lowest BCUT2D eigenvalue weighted by molar-refractivity contribution is 0.318. The lowest BCUT2D eigenvalue weighted by Crippen LogP contribution is -2.31. The van der Waals surface area contributed by atoms with Gasteiger partial charge < -0.3 is 15.8 Å². The number of benzene rings is 1. The number of amidine groups is 1. The fourth-order valence-electron chi connectivity index (χ4n) is 2.44. The van der Waals surface area contributed by atoms with Gasteiger partial charge in [-0.3, -0.25) is 0 Å². The van der Waals surface area contributed by atoms with E-state index in [0.717, 1.165) is 42.7 Å². The van der Waals surface area contributed by atoms with Gasteiger partial charge in [0.15, 0.2) is 5.84 Å². The molecule has 3 N–H and O–H groups in total. The largest absolute Gasteiger partial charge is 0.409 e. The molecule has 0 aliphatic carbocycles. The second-order valence-electron chi connectivity index (χ2n) is 5.23. The molecule has 0 unspecified atom stereocenters. The van der Waals surface area contributed by atoms with Crippen LogP contribution in [0.15, 0.2) is 23.4 Å². The van der Waals surface area contributed by atoms with Crippen LogP contribution in [-0.4, -0.2) is 24.1 Å². The highest BCUT2D eigenvalue weighted by Gasteiger charge is 2.16. The van der Waals surface area contributed by atoms with Crippen molar-refractivity contribution in [1.29, 1.82) is 0 Å². The minimum Gasteiger partial charge on any atom is -0.409 e. The van der Waals surface area contributed by atoms with Crippen molar-refractivity contribution in [2.45, 2.75) is 40.5 Å². The minimum atomic E-state index is 0.173. The first kappa shape index (κ1) is 16.3. The van der Waals surface area contributed by atoms with Crippen molar-refractivity contribution in [3.05, 3.63) is 29.3 Å². The quantitative estimate of drug-likeness (QED) is 0.348. The van der Waals surface area contributed by atoms with E-state index < -0.39 is 0 Å². The van der Waals surface area contributed by atoms with E-state index in [1.54, 1.807) is 0 Å². The molecule has 0 bridgehead atoms. The third-order valence-electron chi connectivity index (χ3n) is 3.89. The number of hydrogen-bond donors (Lipinski definition) is 2. The number of aryl methyl sites for hydroxylation is 1. The molecule has 0 spiro atoms. The molecular weight excluding hydrogens is 250 g/mol. The van der Waals surface area contributed by atoms with Crippen molar-refractivity contribution in [3.63, 3.8) is 0 Å². The van der Waals surface area contributed by atoms with Crippen LogP contribution in [0.3, 0.4) is 0 Å². The summed E-state index contributed by atoms with van der Waals surface area (Å²) < 4.78 is 0. The first-order valence-corrected chi connectivity index (χ1v) is 7.40. The number of rotatable bonds is 7. The Balaban J connectivity index is 3.14. The Bertz CT molecular complexity index is 453. The van der Waals surface area contributed by atoms with Gasteiger partial charge in [-0.15, -0.1) is 0 Å². The molecule has 4 heteroatoms. The van der Waals surface area contributed by atoms with Crippen molar-refractivity contribution in [2.75, 3.05) is 18.0 Å². The van der Waals surface area contributed by atoms with Crippen LogP contribution in [0, 0.1) is 12.8 Å². The summed E-state index contributed by atoms with van der Waals surface area (Å²) in [5.41, 5.74) is 8.78. The Kier molecular flexibility index (Phi) is 6.36. The first-order chi connectivity index (χ1) is 9.57. The molecule has 0 amide bonds. The summed E-state index contributed by atoms with van der Waals surface area (Å²) in [6, 6.07) is 6.10. The van der Waals surface area contributed by atoms with Gasteiger partial charge in [0, 0.05) is 24.3 Å². The summed E-state index contributed by atoms with van der Waals surface area (Å²) in [4.78, 5) is 2.31. The number of oxime groups is 1. The lowest BCUT2D eigenvalue weighted by Gasteiger charge is -2.29. The summed E-state index contributed by atoms with van der Waals surface area (Å²) in [6.07, 6.45) is 2.33. The van der Waals surface area contributed by atoms with Gasteiger partial charge in [-0.1, -0.05) is 43.5 Å². The van der Waals surface area contributed by atoms with Gasteiger partial charge >= 0.3 is 0 Å². The lowest BCUT2D eigenvalue weighted by atomic mass is 10.0. The molecule has 0 aliphatic rings. The van der Waals surface area contributed by atoms with E-state index in [9.17, 15) is 0 Å². The van der Waals surface area contributed by atoms with Crippen molar-refractivity contribution in [3.8, 4) is 0 Å². The second kappa shape index (κ2) is 7.78.